The summed E-state index contributed by atoms with van der Waals surface area (Å²) in [5, 5.41) is 12.4. The molecule has 3 aromatic carbocycles. The average Bonchev–Trinajstić information content (AvgIpc) is 3.31. The Balaban J connectivity index is 1.59. The molecule has 10 nitrogen and oxygen atoms in total. The van der Waals surface area contributed by atoms with Crippen LogP contribution in [0.25, 0.3) is 6.08 Å². The monoisotopic (exact) mass is 731 g/mol. The fourth-order valence-corrected chi connectivity index (χ4v) is 6.58. The Hall–Kier alpha value is -3.97. The number of nitro benzene ring substituents is 1. The van der Waals surface area contributed by atoms with E-state index in [1.54, 1.807) is 56.3 Å². The van der Waals surface area contributed by atoms with Crippen LogP contribution in [-0.4, -0.2) is 29.2 Å². The van der Waals surface area contributed by atoms with Crippen LogP contribution in [0.1, 0.15) is 36.6 Å². The zero-order valence-electron chi connectivity index (χ0n) is 24.0. The average molecular weight is 733 g/mol. The molecule has 0 unspecified atom stereocenters. The van der Waals surface area contributed by atoms with Crippen molar-refractivity contribution >= 4 is 68.2 Å². The molecule has 14 heteroatoms. The first kappa shape index (κ1) is 32.4. The first-order chi connectivity index (χ1) is 21.5. The van der Waals surface area contributed by atoms with Crippen molar-refractivity contribution in [3.63, 3.8) is 0 Å². The van der Waals surface area contributed by atoms with Crippen LogP contribution in [-0.2, 0) is 16.1 Å². The third-order valence-electron chi connectivity index (χ3n) is 6.86. The van der Waals surface area contributed by atoms with E-state index in [4.69, 9.17) is 37.4 Å². The number of nitrogens with zero attached hydrogens (tertiary/aromatic N) is 3. The molecule has 1 aromatic heterocycles. The zero-order valence-corrected chi connectivity index (χ0v) is 27.9. The van der Waals surface area contributed by atoms with Gasteiger partial charge in [-0.2, -0.15) is 0 Å². The van der Waals surface area contributed by atoms with Crippen LogP contribution >= 0.6 is 50.5 Å². The number of hydrogen-bond donors (Lipinski definition) is 0. The molecular weight excluding hydrogens is 709 g/mol. The molecule has 0 radical (unpaired) electrons. The summed E-state index contributed by atoms with van der Waals surface area (Å²) in [5.41, 5.74) is 1.67. The number of hydrogen-bond acceptors (Lipinski definition) is 9. The van der Waals surface area contributed by atoms with Gasteiger partial charge in [0.2, 0.25) is 0 Å². The van der Waals surface area contributed by atoms with Crippen molar-refractivity contribution in [2.75, 3.05) is 13.7 Å². The van der Waals surface area contributed by atoms with Crippen molar-refractivity contribution < 1.29 is 23.9 Å². The number of ether oxygens (including phenoxy) is 3. The molecule has 1 atom stereocenters. The molecule has 232 valence electrons. The van der Waals surface area contributed by atoms with Crippen molar-refractivity contribution in [1.29, 1.82) is 0 Å². The van der Waals surface area contributed by atoms with E-state index in [0.717, 1.165) is 16.9 Å². The molecule has 0 fully saturated rings. The molecule has 0 saturated carbocycles. The Morgan fingerprint density at radius 3 is 2.62 bits per heavy atom. The van der Waals surface area contributed by atoms with Gasteiger partial charge in [-0.25, -0.2) is 9.79 Å². The standard InChI is InChI=1S/C31H24BrCl2N3O7S/c1-4-43-30(39)27-16(2)35-31-36(28(27)18-6-5-7-20(11-18)37(40)41)29(38)26(45-31)13-19-12-24(42-3)25(14-21(19)32)44-15-17-8-9-22(33)23(34)10-17/h5-14,28H,4,15H2,1-3H3/b26-13+/t28-/m0/s1. The van der Waals surface area contributed by atoms with Crippen molar-refractivity contribution in [1.82, 2.24) is 4.57 Å². The second-order valence-electron chi connectivity index (χ2n) is 9.72. The smallest absolute Gasteiger partial charge is 0.338 e. The van der Waals surface area contributed by atoms with Gasteiger partial charge < -0.3 is 14.2 Å². The van der Waals surface area contributed by atoms with Gasteiger partial charge in [0.15, 0.2) is 16.3 Å². The van der Waals surface area contributed by atoms with Crippen LogP contribution in [0.5, 0.6) is 11.5 Å². The maximum Gasteiger partial charge on any atom is 0.338 e. The van der Waals surface area contributed by atoms with Crippen LogP contribution in [0.4, 0.5) is 5.69 Å². The summed E-state index contributed by atoms with van der Waals surface area (Å²) in [5.74, 6) is 0.218. The van der Waals surface area contributed by atoms with E-state index < -0.39 is 22.5 Å². The molecule has 0 N–H and O–H groups in total. The van der Waals surface area contributed by atoms with Crippen LogP contribution in [0.2, 0.25) is 10.0 Å². The lowest BCUT2D eigenvalue weighted by Gasteiger charge is -2.24. The number of esters is 1. The summed E-state index contributed by atoms with van der Waals surface area (Å²) in [6.07, 6.45) is 1.67. The highest BCUT2D eigenvalue weighted by Crippen LogP contribution is 2.35. The molecule has 0 amide bonds. The predicted molar refractivity (Wildman–Crippen MR) is 175 cm³/mol. The normalized spacial score (nSPS) is 14.5. The highest BCUT2D eigenvalue weighted by Gasteiger charge is 2.34. The quantitative estimate of drug-likeness (QED) is 0.112. The minimum atomic E-state index is -0.988. The number of halogens is 3. The van der Waals surface area contributed by atoms with Crippen LogP contribution in [0.15, 0.2) is 80.1 Å². The van der Waals surface area contributed by atoms with E-state index in [1.165, 1.54) is 29.9 Å². The summed E-state index contributed by atoms with van der Waals surface area (Å²) in [6.45, 7) is 3.62. The maximum atomic E-state index is 14.0. The number of thiazole rings is 1. The molecule has 45 heavy (non-hydrogen) atoms. The summed E-state index contributed by atoms with van der Waals surface area (Å²) in [6, 6.07) is 13.5. The Kier molecular flexibility index (Phi) is 9.78. The van der Waals surface area contributed by atoms with Crippen molar-refractivity contribution in [2.45, 2.75) is 26.5 Å². The second-order valence-corrected chi connectivity index (χ2v) is 12.4. The molecule has 1 aliphatic rings. The Bertz CT molecular complexity index is 2060. The predicted octanol–water partition coefficient (Wildman–Crippen LogP) is 6.36. The van der Waals surface area contributed by atoms with Crippen LogP contribution < -0.4 is 24.4 Å². The number of carbonyl (C=O) groups excluding carboxylic acids is 1. The van der Waals surface area contributed by atoms with E-state index in [0.29, 0.717) is 52.2 Å². The lowest BCUT2D eigenvalue weighted by molar-refractivity contribution is -0.384. The number of non-ortho nitro benzene ring substituents is 1. The number of aromatic nitrogens is 1. The van der Waals surface area contributed by atoms with Crippen LogP contribution in [0, 0.1) is 10.1 Å². The van der Waals surface area contributed by atoms with Gasteiger partial charge in [0.25, 0.3) is 11.2 Å². The number of rotatable bonds is 9. The van der Waals surface area contributed by atoms with Gasteiger partial charge >= 0.3 is 5.97 Å². The number of carbonyl (C=O) groups is 1. The molecule has 0 saturated heterocycles. The SMILES string of the molecule is CCOC(=O)C1=C(C)N=c2s/c(=C/c3cc(OC)c(OCc4ccc(Cl)c(Cl)c4)cc3Br)c(=O)n2[C@H]1c1cccc([N+](=O)[O-])c1. The van der Waals surface area contributed by atoms with Gasteiger partial charge in [0, 0.05) is 16.6 Å². The zero-order chi connectivity index (χ0) is 32.4. The minimum absolute atomic E-state index is 0.102. The number of nitro groups is 1. The highest BCUT2D eigenvalue weighted by atomic mass is 79.9. The first-order valence-corrected chi connectivity index (χ1v) is 15.8. The van der Waals surface area contributed by atoms with Gasteiger partial charge in [-0.05, 0) is 60.9 Å². The third kappa shape index (κ3) is 6.69. The first-order valence-electron chi connectivity index (χ1n) is 13.4. The molecular formula is C31H24BrCl2N3O7S. The van der Waals surface area contributed by atoms with Crippen molar-refractivity contribution in [2.24, 2.45) is 4.99 Å². The number of allylic oxidation sites excluding steroid dienone is 1. The van der Waals surface area contributed by atoms with Gasteiger partial charge in [0.05, 0.1) is 50.5 Å². The second kappa shape index (κ2) is 13.6. The third-order valence-corrected chi connectivity index (χ3v) is 9.27. The Morgan fingerprint density at radius 2 is 1.93 bits per heavy atom. The minimum Gasteiger partial charge on any atom is -0.493 e. The lowest BCUT2D eigenvalue weighted by Crippen LogP contribution is -2.40. The summed E-state index contributed by atoms with van der Waals surface area (Å²) >= 11 is 16.8. The molecule has 4 aromatic rings. The summed E-state index contributed by atoms with van der Waals surface area (Å²) < 4.78 is 19.2. The number of methoxy groups -OCH3 is 1. The summed E-state index contributed by atoms with van der Waals surface area (Å²) in [7, 11) is 1.51. The molecule has 0 aliphatic carbocycles. The Morgan fingerprint density at radius 1 is 1.16 bits per heavy atom. The van der Waals surface area contributed by atoms with E-state index in [-0.39, 0.29) is 24.5 Å². The number of fused-ring (bicyclic) bond motifs is 1. The van der Waals surface area contributed by atoms with Crippen molar-refractivity contribution in [3.05, 3.63) is 127 Å². The molecule has 1 aliphatic heterocycles. The van der Waals surface area contributed by atoms with E-state index in [1.807, 2.05) is 0 Å². The lowest BCUT2D eigenvalue weighted by atomic mass is 9.95. The van der Waals surface area contributed by atoms with Gasteiger partial charge in [0.1, 0.15) is 6.61 Å². The molecule has 2 heterocycles. The van der Waals surface area contributed by atoms with Crippen molar-refractivity contribution in [3.8, 4) is 11.5 Å². The van der Waals surface area contributed by atoms with E-state index in [2.05, 4.69) is 20.9 Å². The topological polar surface area (TPSA) is 122 Å². The summed E-state index contributed by atoms with van der Waals surface area (Å²) in [4.78, 5) is 43.0. The van der Waals surface area contributed by atoms with Crippen LogP contribution in [0.3, 0.4) is 0 Å². The molecule has 5 rings (SSSR count). The molecule has 0 bridgehead atoms. The number of benzene rings is 3. The fourth-order valence-electron chi connectivity index (χ4n) is 4.78. The largest absolute Gasteiger partial charge is 0.493 e. The highest BCUT2D eigenvalue weighted by molar-refractivity contribution is 9.10. The Labute approximate surface area is 279 Å². The van der Waals surface area contributed by atoms with Gasteiger partial charge in [-0.3, -0.25) is 19.5 Å². The maximum absolute atomic E-state index is 14.0. The van der Waals surface area contributed by atoms with Gasteiger partial charge in [-0.15, -0.1) is 0 Å². The van der Waals surface area contributed by atoms with Gasteiger partial charge in [-0.1, -0.05) is 68.7 Å². The fraction of sp³-hybridized carbons (Fsp3) is 0.194. The van der Waals surface area contributed by atoms with E-state index in [9.17, 15) is 19.7 Å². The molecule has 0 spiro atoms. The van der Waals surface area contributed by atoms with E-state index >= 15 is 0 Å².